The quantitative estimate of drug-likeness (QED) is 0.702. The Morgan fingerprint density at radius 1 is 0.667 bits per heavy atom. The average molecular weight is 395 g/mol. The van der Waals surface area contributed by atoms with Crippen LogP contribution >= 0.6 is 0 Å². The van der Waals surface area contributed by atoms with Gasteiger partial charge in [0.15, 0.2) is 0 Å². The Kier molecular flexibility index (Phi) is 12.3. The largest absolute Gasteiger partial charge is 2.00 e. The molecule has 0 saturated carbocycles. The van der Waals surface area contributed by atoms with Crippen LogP contribution in [0.2, 0.25) is 0 Å². The van der Waals surface area contributed by atoms with Crippen molar-refractivity contribution < 1.29 is 19.8 Å². The summed E-state index contributed by atoms with van der Waals surface area (Å²) >= 11 is 0. The maximum absolute atomic E-state index is 10.7. The predicted molar refractivity (Wildman–Crippen MR) is 105 cm³/mol. The standard InChI is InChI=1S/2C11H14O2.Ca/c2*1-3-8-6-5-7-10(11(12)13)9(8)4-2;/h2*5-7H,3-4H2,1-2H3,(H,12,13);/q;;+2/p-2. The molecular formula is C22H26CaO4. The smallest absolute Gasteiger partial charge is 0.545 e. The second-order valence-corrected chi connectivity index (χ2v) is 5.88. The first kappa shape index (κ1) is 25.6. The third-order valence-electron chi connectivity index (χ3n) is 4.45. The molecule has 140 valence electrons. The molecule has 0 aliphatic carbocycles. The van der Waals surface area contributed by atoms with E-state index in [1.807, 2.05) is 39.8 Å². The fourth-order valence-corrected chi connectivity index (χ4v) is 3.15. The van der Waals surface area contributed by atoms with E-state index in [9.17, 15) is 19.8 Å². The van der Waals surface area contributed by atoms with E-state index in [2.05, 4.69) is 0 Å². The molecule has 2 rings (SSSR count). The van der Waals surface area contributed by atoms with Crippen molar-refractivity contribution in [3.63, 3.8) is 0 Å². The van der Waals surface area contributed by atoms with E-state index in [-0.39, 0.29) is 37.7 Å². The van der Waals surface area contributed by atoms with Gasteiger partial charge in [-0.3, -0.25) is 0 Å². The third kappa shape index (κ3) is 6.95. The van der Waals surface area contributed by atoms with Gasteiger partial charge < -0.3 is 19.8 Å². The van der Waals surface area contributed by atoms with Gasteiger partial charge in [0.2, 0.25) is 0 Å². The molecule has 0 amide bonds. The first-order valence-electron chi connectivity index (χ1n) is 9.05. The molecule has 0 fully saturated rings. The first-order chi connectivity index (χ1) is 12.4. The van der Waals surface area contributed by atoms with Crippen molar-refractivity contribution in [3.8, 4) is 0 Å². The monoisotopic (exact) mass is 394 g/mol. The van der Waals surface area contributed by atoms with E-state index >= 15 is 0 Å². The van der Waals surface area contributed by atoms with Crippen LogP contribution in [-0.2, 0) is 25.7 Å². The second-order valence-electron chi connectivity index (χ2n) is 5.88. The number of rotatable bonds is 6. The van der Waals surface area contributed by atoms with Crippen molar-refractivity contribution in [2.75, 3.05) is 0 Å². The van der Waals surface area contributed by atoms with E-state index in [1.54, 1.807) is 24.3 Å². The summed E-state index contributed by atoms with van der Waals surface area (Å²) in [4.78, 5) is 21.5. The van der Waals surface area contributed by atoms with Gasteiger partial charge in [-0.1, -0.05) is 64.1 Å². The fraction of sp³-hybridized carbons (Fsp3) is 0.364. The minimum absolute atomic E-state index is 0. The summed E-state index contributed by atoms with van der Waals surface area (Å²) < 4.78 is 0. The molecule has 0 radical (unpaired) electrons. The van der Waals surface area contributed by atoms with Gasteiger partial charge in [0.1, 0.15) is 0 Å². The van der Waals surface area contributed by atoms with Crippen LogP contribution in [0, 0.1) is 0 Å². The Bertz CT molecular complexity index is 703. The molecule has 0 spiro atoms. The van der Waals surface area contributed by atoms with Crippen LogP contribution in [0.1, 0.15) is 70.7 Å². The van der Waals surface area contributed by atoms with Crippen molar-refractivity contribution in [2.24, 2.45) is 0 Å². The molecule has 0 heterocycles. The van der Waals surface area contributed by atoms with E-state index < -0.39 is 11.9 Å². The van der Waals surface area contributed by atoms with Crippen LogP contribution in [-0.4, -0.2) is 49.7 Å². The minimum atomic E-state index is -1.08. The van der Waals surface area contributed by atoms with E-state index in [1.165, 1.54) is 0 Å². The minimum Gasteiger partial charge on any atom is -0.545 e. The number of hydrogen-bond acceptors (Lipinski definition) is 4. The van der Waals surface area contributed by atoms with Crippen LogP contribution in [0.4, 0.5) is 0 Å². The Balaban J connectivity index is 0.000000483. The van der Waals surface area contributed by atoms with Crippen molar-refractivity contribution >= 4 is 49.7 Å². The maximum Gasteiger partial charge on any atom is 2.00 e. The van der Waals surface area contributed by atoms with Gasteiger partial charge in [-0.25, -0.2) is 0 Å². The van der Waals surface area contributed by atoms with Gasteiger partial charge in [0.25, 0.3) is 0 Å². The van der Waals surface area contributed by atoms with Gasteiger partial charge in [-0.15, -0.1) is 0 Å². The summed E-state index contributed by atoms with van der Waals surface area (Å²) in [7, 11) is 0. The SMILES string of the molecule is CCc1cccc(C(=O)[O-])c1CC.CCc1cccc(C(=O)[O-])c1CC.[Ca+2]. The maximum atomic E-state index is 10.7. The number of benzene rings is 2. The molecule has 0 bridgehead atoms. The Labute approximate surface area is 191 Å². The zero-order chi connectivity index (χ0) is 19.7. The molecular weight excluding hydrogens is 368 g/mol. The van der Waals surface area contributed by atoms with Crippen molar-refractivity contribution in [1.82, 2.24) is 0 Å². The predicted octanol–water partition coefficient (Wildman–Crippen LogP) is 1.97. The van der Waals surface area contributed by atoms with E-state index in [0.717, 1.165) is 47.9 Å². The molecule has 27 heavy (non-hydrogen) atoms. The van der Waals surface area contributed by atoms with Crippen molar-refractivity contribution in [1.29, 1.82) is 0 Å². The van der Waals surface area contributed by atoms with Gasteiger partial charge >= 0.3 is 37.7 Å². The fourth-order valence-electron chi connectivity index (χ4n) is 3.15. The molecule has 5 heteroatoms. The molecule has 0 atom stereocenters. The van der Waals surface area contributed by atoms with E-state index in [4.69, 9.17) is 0 Å². The number of carboxylic acids is 2. The van der Waals surface area contributed by atoms with Crippen LogP contribution in [0.3, 0.4) is 0 Å². The Morgan fingerprint density at radius 3 is 1.22 bits per heavy atom. The van der Waals surface area contributed by atoms with Gasteiger partial charge in [0.05, 0.1) is 11.9 Å². The summed E-state index contributed by atoms with van der Waals surface area (Å²) in [6, 6.07) is 10.7. The number of carbonyl (C=O) groups excluding carboxylic acids is 2. The van der Waals surface area contributed by atoms with Crippen molar-refractivity contribution in [2.45, 2.75) is 53.4 Å². The van der Waals surface area contributed by atoms with Crippen LogP contribution < -0.4 is 10.2 Å². The molecule has 0 aliphatic heterocycles. The molecule has 0 aromatic heterocycles. The molecule has 0 saturated heterocycles. The molecule has 0 aliphatic rings. The molecule has 0 unspecified atom stereocenters. The number of hydrogen-bond donors (Lipinski definition) is 0. The summed E-state index contributed by atoms with van der Waals surface area (Å²) in [5.41, 5.74) is 4.69. The molecule has 2 aromatic carbocycles. The van der Waals surface area contributed by atoms with Crippen LogP contribution in [0.5, 0.6) is 0 Å². The third-order valence-corrected chi connectivity index (χ3v) is 4.45. The molecule has 4 nitrogen and oxygen atoms in total. The summed E-state index contributed by atoms with van der Waals surface area (Å²) in [5, 5.41) is 21.5. The number of carboxylic acid groups (broad SMARTS) is 2. The van der Waals surface area contributed by atoms with E-state index in [0.29, 0.717) is 11.1 Å². The Hall–Kier alpha value is -1.36. The average Bonchev–Trinajstić information content (AvgIpc) is 2.66. The molecule has 0 N–H and O–H groups in total. The Morgan fingerprint density at radius 2 is 1.00 bits per heavy atom. The van der Waals surface area contributed by atoms with Gasteiger partial charge in [-0.2, -0.15) is 0 Å². The van der Waals surface area contributed by atoms with Gasteiger partial charge in [0, 0.05) is 11.1 Å². The topological polar surface area (TPSA) is 80.3 Å². The number of carbonyl (C=O) groups is 2. The summed E-state index contributed by atoms with van der Waals surface area (Å²) in [6.45, 7) is 7.96. The first-order valence-corrected chi connectivity index (χ1v) is 9.05. The number of aryl methyl sites for hydroxylation is 2. The van der Waals surface area contributed by atoms with Gasteiger partial charge in [-0.05, 0) is 47.9 Å². The second kappa shape index (κ2) is 12.9. The van der Waals surface area contributed by atoms with Crippen LogP contribution in [0.15, 0.2) is 36.4 Å². The van der Waals surface area contributed by atoms with Crippen molar-refractivity contribution in [3.05, 3.63) is 69.8 Å². The normalized spacial score (nSPS) is 9.63. The summed E-state index contributed by atoms with van der Waals surface area (Å²) in [6.07, 6.45) is 3.22. The zero-order valence-electron chi connectivity index (χ0n) is 16.6. The molecule has 2 aromatic rings. The summed E-state index contributed by atoms with van der Waals surface area (Å²) in [5.74, 6) is -2.15. The zero-order valence-corrected chi connectivity index (χ0v) is 18.8. The van der Waals surface area contributed by atoms with Crippen LogP contribution in [0.25, 0.3) is 0 Å². The number of aromatic carboxylic acids is 2.